The van der Waals surface area contributed by atoms with Crippen LogP contribution in [0.1, 0.15) is 52.4 Å². The average molecular weight is 331 g/mol. The third-order valence-electron chi connectivity index (χ3n) is 8.17. The number of hydrogen-bond donors (Lipinski definition) is 1. The van der Waals surface area contributed by atoms with Crippen molar-refractivity contribution in [3.05, 3.63) is 12.2 Å². The molecule has 0 spiro atoms. The van der Waals surface area contributed by atoms with Gasteiger partial charge in [-0.1, -0.05) is 19.9 Å². The van der Waals surface area contributed by atoms with Crippen LogP contribution in [0.15, 0.2) is 12.2 Å². The van der Waals surface area contributed by atoms with Crippen LogP contribution in [0.25, 0.3) is 0 Å². The van der Waals surface area contributed by atoms with Crippen LogP contribution in [-0.4, -0.2) is 25.0 Å². The zero-order chi connectivity index (χ0) is 17.1. The van der Waals surface area contributed by atoms with Gasteiger partial charge in [-0.05, 0) is 67.8 Å². The third kappa shape index (κ3) is 2.04. The van der Waals surface area contributed by atoms with Crippen molar-refractivity contribution in [1.82, 2.24) is 5.32 Å². The van der Waals surface area contributed by atoms with Crippen molar-refractivity contribution in [2.45, 2.75) is 58.4 Å². The third-order valence-corrected chi connectivity index (χ3v) is 8.17. The first kappa shape index (κ1) is 16.2. The maximum atomic E-state index is 12.3. The molecule has 0 aromatic heterocycles. The van der Waals surface area contributed by atoms with Gasteiger partial charge < -0.3 is 10.1 Å². The molecule has 3 saturated carbocycles. The molecular weight excluding hydrogens is 302 g/mol. The number of carbonyl (C=O) groups excluding carboxylic acids is 2. The molecule has 4 aliphatic rings. The van der Waals surface area contributed by atoms with Crippen LogP contribution in [0.5, 0.6) is 0 Å². The number of nitrogens with one attached hydrogen (secondary N) is 1. The molecule has 0 saturated heterocycles. The fourth-order valence-electron chi connectivity index (χ4n) is 6.86. The van der Waals surface area contributed by atoms with Gasteiger partial charge in [0.15, 0.2) is 0 Å². The Labute approximate surface area is 144 Å². The minimum absolute atomic E-state index is 0.0110. The highest BCUT2D eigenvalue weighted by molar-refractivity contribution is 5.89. The molecule has 7 atom stereocenters. The lowest BCUT2D eigenvalue weighted by molar-refractivity contribution is -0.153. The molecule has 3 fully saturated rings. The molecule has 4 heteroatoms. The molecule has 132 valence electrons. The molecular formula is C20H29NO3. The fraction of sp³-hybridized carbons (Fsp3) is 0.800. The van der Waals surface area contributed by atoms with Crippen molar-refractivity contribution in [2.24, 2.45) is 34.5 Å². The molecule has 24 heavy (non-hydrogen) atoms. The standard InChI is InChI=1S/C20H29NO3/c1-19-10-8-14-12(13(19)5-6-15(19)18(23)24-3)4-7-16-20(14,2)11-9-17(22)21-16/h9,11-16H,4-8,10H2,1-3H3,(H,21,22)/t12-,13+,14+,15+,16+,19-,20+/m0/s1. The molecule has 1 N–H and O–H groups in total. The van der Waals surface area contributed by atoms with E-state index >= 15 is 0 Å². The van der Waals surface area contributed by atoms with E-state index in [1.165, 1.54) is 13.5 Å². The van der Waals surface area contributed by atoms with Gasteiger partial charge in [-0.25, -0.2) is 0 Å². The highest BCUT2D eigenvalue weighted by atomic mass is 16.5. The summed E-state index contributed by atoms with van der Waals surface area (Å²) < 4.78 is 5.10. The predicted octanol–water partition coefficient (Wildman–Crippen LogP) is 3.07. The van der Waals surface area contributed by atoms with Crippen LogP contribution in [0.3, 0.4) is 0 Å². The number of esters is 1. The molecule has 3 aliphatic carbocycles. The topological polar surface area (TPSA) is 55.4 Å². The van der Waals surface area contributed by atoms with Gasteiger partial charge in [0.05, 0.1) is 13.0 Å². The summed E-state index contributed by atoms with van der Waals surface area (Å²) in [5, 5.41) is 3.20. The molecule has 4 rings (SSSR count). The lowest BCUT2D eigenvalue weighted by Gasteiger charge is -2.58. The zero-order valence-electron chi connectivity index (χ0n) is 15.0. The number of hydrogen-bond acceptors (Lipinski definition) is 3. The molecule has 4 nitrogen and oxygen atoms in total. The van der Waals surface area contributed by atoms with Crippen molar-refractivity contribution >= 4 is 11.9 Å². The van der Waals surface area contributed by atoms with Crippen molar-refractivity contribution < 1.29 is 14.3 Å². The zero-order valence-corrected chi connectivity index (χ0v) is 15.0. The lowest BCUT2D eigenvalue weighted by atomic mass is 9.48. The van der Waals surface area contributed by atoms with Gasteiger partial charge in [-0.15, -0.1) is 0 Å². The monoisotopic (exact) mass is 331 g/mol. The van der Waals surface area contributed by atoms with Gasteiger partial charge in [0.25, 0.3) is 0 Å². The first-order chi connectivity index (χ1) is 11.4. The van der Waals surface area contributed by atoms with Crippen LogP contribution in [-0.2, 0) is 14.3 Å². The van der Waals surface area contributed by atoms with Crippen LogP contribution in [0.2, 0.25) is 0 Å². The van der Waals surface area contributed by atoms with E-state index in [4.69, 9.17) is 4.74 Å². The number of fused-ring (bicyclic) bond motifs is 5. The fourth-order valence-corrected chi connectivity index (χ4v) is 6.86. The molecule has 0 aromatic rings. The second-order valence-electron chi connectivity index (χ2n) is 8.91. The van der Waals surface area contributed by atoms with E-state index in [1.807, 2.05) is 0 Å². The summed E-state index contributed by atoms with van der Waals surface area (Å²) in [5.41, 5.74) is 0.167. The van der Waals surface area contributed by atoms with Crippen molar-refractivity contribution in [3.8, 4) is 0 Å². The summed E-state index contributed by atoms with van der Waals surface area (Å²) in [4.78, 5) is 24.0. The SMILES string of the molecule is COC(=O)[C@H]1CC[C@@H]2[C@@H]3CC[C@H]4NC(=O)C=C[C@]4(C)[C@@H]3CC[C@]12C. The first-order valence-corrected chi connectivity index (χ1v) is 9.47. The summed E-state index contributed by atoms with van der Waals surface area (Å²) >= 11 is 0. The van der Waals surface area contributed by atoms with E-state index in [2.05, 4.69) is 25.2 Å². The number of methoxy groups -OCH3 is 1. The Morgan fingerprint density at radius 1 is 1.17 bits per heavy atom. The van der Waals surface area contributed by atoms with Gasteiger partial charge in [0, 0.05) is 11.5 Å². The normalized spacial score (nSPS) is 49.6. The number of ether oxygens (including phenoxy) is 1. The summed E-state index contributed by atoms with van der Waals surface area (Å²) in [5.74, 6) is 2.01. The molecule has 0 unspecified atom stereocenters. The maximum Gasteiger partial charge on any atom is 0.309 e. The van der Waals surface area contributed by atoms with E-state index in [0.29, 0.717) is 17.8 Å². The highest BCUT2D eigenvalue weighted by Gasteiger charge is 2.61. The molecule has 1 amide bonds. The van der Waals surface area contributed by atoms with Crippen molar-refractivity contribution in [2.75, 3.05) is 7.11 Å². The summed E-state index contributed by atoms with van der Waals surface area (Å²) in [6.07, 6.45) is 10.5. The Bertz CT molecular complexity index is 600. The minimum Gasteiger partial charge on any atom is -0.469 e. The van der Waals surface area contributed by atoms with E-state index in [9.17, 15) is 9.59 Å². The Morgan fingerprint density at radius 2 is 1.96 bits per heavy atom. The van der Waals surface area contributed by atoms with Crippen LogP contribution in [0.4, 0.5) is 0 Å². The second-order valence-corrected chi connectivity index (χ2v) is 8.91. The Morgan fingerprint density at radius 3 is 2.71 bits per heavy atom. The van der Waals surface area contributed by atoms with E-state index in [1.54, 1.807) is 6.08 Å². The minimum atomic E-state index is -0.0110. The van der Waals surface area contributed by atoms with Gasteiger partial charge >= 0.3 is 5.97 Å². The van der Waals surface area contributed by atoms with Crippen molar-refractivity contribution in [3.63, 3.8) is 0 Å². The summed E-state index contributed by atoms with van der Waals surface area (Å²) in [6.45, 7) is 4.66. The van der Waals surface area contributed by atoms with Crippen molar-refractivity contribution in [1.29, 1.82) is 0 Å². The Kier molecular flexibility index (Phi) is 3.59. The van der Waals surface area contributed by atoms with Crippen LogP contribution < -0.4 is 5.32 Å². The predicted molar refractivity (Wildman–Crippen MR) is 91.0 cm³/mol. The average Bonchev–Trinajstić information content (AvgIpc) is 2.92. The molecule has 0 aromatic carbocycles. The Hall–Kier alpha value is -1.32. The molecule has 0 bridgehead atoms. The van der Waals surface area contributed by atoms with E-state index in [-0.39, 0.29) is 34.7 Å². The van der Waals surface area contributed by atoms with E-state index < -0.39 is 0 Å². The van der Waals surface area contributed by atoms with Crippen LogP contribution in [0, 0.1) is 34.5 Å². The van der Waals surface area contributed by atoms with Crippen LogP contribution >= 0.6 is 0 Å². The quantitative estimate of drug-likeness (QED) is 0.751. The second kappa shape index (κ2) is 5.34. The molecule has 1 aliphatic heterocycles. The first-order valence-electron chi connectivity index (χ1n) is 9.47. The summed E-state index contributed by atoms with van der Waals surface area (Å²) in [7, 11) is 1.52. The van der Waals surface area contributed by atoms with Gasteiger partial charge in [-0.2, -0.15) is 0 Å². The smallest absolute Gasteiger partial charge is 0.309 e. The van der Waals surface area contributed by atoms with E-state index in [0.717, 1.165) is 32.1 Å². The number of carbonyl (C=O) groups is 2. The largest absolute Gasteiger partial charge is 0.469 e. The molecule has 1 heterocycles. The number of rotatable bonds is 1. The number of amides is 1. The van der Waals surface area contributed by atoms with Gasteiger partial charge in [-0.3, -0.25) is 9.59 Å². The van der Waals surface area contributed by atoms with Gasteiger partial charge in [0.1, 0.15) is 0 Å². The highest BCUT2D eigenvalue weighted by Crippen LogP contribution is 2.65. The lowest BCUT2D eigenvalue weighted by Crippen LogP contribution is -2.59. The molecule has 0 radical (unpaired) electrons. The maximum absolute atomic E-state index is 12.3. The summed E-state index contributed by atoms with van der Waals surface area (Å²) in [6, 6.07) is 0.276. The Balaban J connectivity index is 1.64. The van der Waals surface area contributed by atoms with Gasteiger partial charge in [0.2, 0.25) is 5.91 Å².